The van der Waals surface area contributed by atoms with Crippen molar-refractivity contribution in [3.8, 4) is 0 Å². The lowest BCUT2D eigenvalue weighted by Gasteiger charge is -2.03. The lowest BCUT2D eigenvalue weighted by atomic mass is 10.1. The van der Waals surface area contributed by atoms with Gasteiger partial charge in [-0.15, -0.1) is 12.4 Å². The van der Waals surface area contributed by atoms with Crippen molar-refractivity contribution in [1.82, 2.24) is 0 Å². The Labute approximate surface area is 84.3 Å². The molecule has 0 spiro atoms. The fourth-order valence-electron chi connectivity index (χ4n) is 0.959. The second-order valence-electron chi connectivity index (χ2n) is 2.50. The zero-order chi connectivity index (χ0) is 10.0. The van der Waals surface area contributed by atoms with Crippen LogP contribution < -0.4 is 5.73 Å². The van der Waals surface area contributed by atoms with Crippen molar-refractivity contribution in [2.45, 2.75) is 6.42 Å². The number of benzene rings is 1. The Balaban J connectivity index is 0.00000169. The summed E-state index contributed by atoms with van der Waals surface area (Å²) in [6.07, 6.45) is -0.0278. The summed E-state index contributed by atoms with van der Waals surface area (Å²) in [5, 5.41) is 0. The van der Waals surface area contributed by atoms with Crippen LogP contribution in [0.4, 0.5) is 17.6 Å². The molecule has 1 nitrogen and oxygen atoms in total. The zero-order valence-electron chi connectivity index (χ0n) is 6.99. The van der Waals surface area contributed by atoms with E-state index in [0.29, 0.717) is 6.07 Å². The molecule has 0 fully saturated rings. The third-order valence-electron chi connectivity index (χ3n) is 1.59. The molecule has 0 aromatic heterocycles. The molecule has 2 N–H and O–H groups in total. The first kappa shape index (κ1) is 13.2. The van der Waals surface area contributed by atoms with Gasteiger partial charge in [-0.25, -0.2) is 17.6 Å². The van der Waals surface area contributed by atoms with Crippen LogP contribution >= 0.6 is 12.4 Å². The van der Waals surface area contributed by atoms with Crippen molar-refractivity contribution < 1.29 is 17.6 Å². The summed E-state index contributed by atoms with van der Waals surface area (Å²) in [5.41, 5.74) is 4.81. The van der Waals surface area contributed by atoms with Crippen LogP contribution in [0.15, 0.2) is 6.07 Å². The van der Waals surface area contributed by atoms with Crippen LogP contribution in [0.3, 0.4) is 0 Å². The van der Waals surface area contributed by atoms with Gasteiger partial charge in [0.15, 0.2) is 23.3 Å². The van der Waals surface area contributed by atoms with E-state index < -0.39 is 23.3 Å². The highest BCUT2D eigenvalue weighted by atomic mass is 35.5. The molecule has 0 heterocycles. The van der Waals surface area contributed by atoms with Crippen molar-refractivity contribution in [3.63, 3.8) is 0 Å². The van der Waals surface area contributed by atoms with Gasteiger partial charge in [0.1, 0.15) is 0 Å². The molecule has 0 saturated heterocycles. The van der Waals surface area contributed by atoms with Crippen molar-refractivity contribution in [2.24, 2.45) is 5.73 Å². The Kier molecular flexibility index (Phi) is 4.87. The van der Waals surface area contributed by atoms with E-state index in [2.05, 4.69) is 0 Å². The van der Waals surface area contributed by atoms with Gasteiger partial charge in [0.2, 0.25) is 0 Å². The predicted molar refractivity (Wildman–Crippen MR) is 46.3 cm³/mol. The highest BCUT2D eigenvalue weighted by molar-refractivity contribution is 5.85. The number of halogens is 5. The Morgan fingerprint density at radius 1 is 1.00 bits per heavy atom. The zero-order valence-corrected chi connectivity index (χ0v) is 7.81. The second kappa shape index (κ2) is 5.17. The first-order valence-corrected chi connectivity index (χ1v) is 3.60. The van der Waals surface area contributed by atoms with Gasteiger partial charge >= 0.3 is 0 Å². The minimum atomic E-state index is -1.79. The summed E-state index contributed by atoms with van der Waals surface area (Å²) in [7, 11) is 0. The van der Waals surface area contributed by atoms with E-state index in [9.17, 15) is 17.6 Å². The van der Waals surface area contributed by atoms with Gasteiger partial charge in [-0.1, -0.05) is 0 Å². The highest BCUT2D eigenvalue weighted by Gasteiger charge is 2.17. The molecule has 0 saturated carbocycles. The summed E-state index contributed by atoms with van der Waals surface area (Å²) < 4.78 is 50.2. The number of hydrogen-bond donors (Lipinski definition) is 1. The molecular formula is C8H8ClF4N. The molecule has 0 aliphatic rings. The van der Waals surface area contributed by atoms with E-state index in [0.717, 1.165) is 0 Å². The Hall–Kier alpha value is -0.810. The fourth-order valence-corrected chi connectivity index (χ4v) is 0.959. The summed E-state index contributed by atoms with van der Waals surface area (Å²) in [6, 6.07) is 0.612. The third kappa shape index (κ3) is 2.36. The van der Waals surface area contributed by atoms with Crippen molar-refractivity contribution in [3.05, 3.63) is 34.9 Å². The lowest BCUT2D eigenvalue weighted by Crippen LogP contribution is -2.08. The van der Waals surface area contributed by atoms with Crippen LogP contribution in [0.5, 0.6) is 0 Å². The first-order valence-electron chi connectivity index (χ1n) is 3.60. The molecule has 1 aromatic rings. The van der Waals surface area contributed by atoms with E-state index in [-0.39, 0.29) is 30.9 Å². The maximum absolute atomic E-state index is 12.8. The minimum absolute atomic E-state index is 0. The average Bonchev–Trinajstić information content (AvgIpc) is 2.11. The lowest BCUT2D eigenvalue weighted by molar-refractivity contribution is 0.404. The molecule has 80 valence electrons. The Morgan fingerprint density at radius 2 is 1.57 bits per heavy atom. The van der Waals surface area contributed by atoms with E-state index in [1.165, 1.54) is 0 Å². The Morgan fingerprint density at radius 3 is 2.07 bits per heavy atom. The molecule has 0 aliphatic carbocycles. The summed E-state index contributed by atoms with van der Waals surface area (Å²) in [5.74, 6) is -6.35. The maximum Gasteiger partial charge on any atom is 0.197 e. The monoisotopic (exact) mass is 229 g/mol. The van der Waals surface area contributed by atoms with E-state index >= 15 is 0 Å². The summed E-state index contributed by atoms with van der Waals surface area (Å²) >= 11 is 0. The molecule has 0 amide bonds. The number of hydrogen-bond acceptors (Lipinski definition) is 1. The molecule has 14 heavy (non-hydrogen) atoms. The van der Waals surface area contributed by atoms with Crippen LogP contribution in [-0.4, -0.2) is 6.54 Å². The largest absolute Gasteiger partial charge is 0.330 e. The van der Waals surface area contributed by atoms with Crippen molar-refractivity contribution in [2.75, 3.05) is 6.54 Å². The number of nitrogens with two attached hydrogens (primary N) is 1. The van der Waals surface area contributed by atoms with Gasteiger partial charge in [0.25, 0.3) is 0 Å². The number of rotatable bonds is 2. The van der Waals surface area contributed by atoms with Crippen molar-refractivity contribution >= 4 is 12.4 Å². The van der Waals surface area contributed by atoms with Gasteiger partial charge in [0.05, 0.1) is 0 Å². The first-order chi connectivity index (χ1) is 6.07. The van der Waals surface area contributed by atoms with Gasteiger partial charge in [-0.05, 0) is 24.6 Å². The molecule has 1 aromatic carbocycles. The van der Waals surface area contributed by atoms with E-state index in [1.54, 1.807) is 0 Å². The summed E-state index contributed by atoms with van der Waals surface area (Å²) in [6.45, 7) is 0.0431. The molecular weight excluding hydrogens is 222 g/mol. The summed E-state index contributed by atoms with van der Waals surface area (Å²) in [4.78, 5) is 0. The smallest absolute Gasteiger partial charge is 0.197 e. The van der Waals surface area contributed by atoms with Gasteiger partial charge in [-0.3, -0.25) is 0 Å². The fraction of sp³-hybridized carbons (Fsp3) is 0.250. The van der Waals surface area contributed by atoms with E-state index in [4.69, 9.17) is 5.73 Å². The molecule has 1 rings (SSSR count). The SMILES string of the molecule is Cl.NCCc1cc(F)c(F)c(F)c1F. The van der Waals surface area contributed by atoms with Gasteiger partial charge in [-0.2, -0.15) is 0 Å². The molecule has 0 aliphatic heterocycles. The van der Waals surface area contributed by atoms with Crippen LogP contribution in [0.25, 0.3) is 0 Å². The molecule has 0 unspecified atom stereocenters. The third-order valence-corrected chi connectivity index (χ3v) is 1.59. The standard InChI is InChI=1S/C8H7F4N.ClH/c9-5-3-4(1-2-13)6(10)8(12)7(5)11;/h3H,1-2,13H2;1H. The minimum Gasteiger partial charge on any atom is -0.330 e. The molecule has 0 bridgehead atoms. The molecule has 0 radical (unpaired) electrons. The normalized spacial score (nSPS) is 9.79. The van der Waals surface area contributed by atoms with Crippen LogP contribution in [0.1, 0.15) is 5.56 Å². The molecule has 0 atom stereocenters. The van der Waals surface area contributed by atoms with Gasteiger partial charge < -0.3 is 5.73 Å². The topological polar surface area (TPSA) is 26.0 Å². The maximum atomic E-state index is 12.8. The molecule has 6 heteroatoms. The van der Waals surface area contributed by atoms with Crippen LogP contribution in [0.2, 0.25) is 0 Å². The van der Waals surface area contributed by atoms with Crippen LogP contribution in [0, 0.1) is 23.3 Å². The quantitative estimate of drug-likeness (QED) is 0.470. The highest BCUT2D eigenvalue weighted by Crippen LogP contribution is 2.18. The average molecular weight is 230 g/mol. The Bertz CT molecular complexity index is 330. The van der Waals surface area contributed by atoms with Crippen molar-refractivity contribution in [1.29, 1.82) is 0 Å². The predicted octanol–water partition coefficient (Wildman–Crippen LogP) is 2.17. The van der Waals surface area contributed by atoms with Crippen LogP contribution in [-0.2, 0) is 6.42 Å². The second-order valence-corrected chi connectivity index (χ2v) is 2.50. The van der Waals surface area contributed by atoms with Gasteiger partial charge in [0, 0.05) is 0 Å². The van der Waals surface area contributed by atoms with E-state index in [1.807, 2.05) is 0 Å².